The summed E-state index contributed by atoms with van der Waals surface area (Å²) >= 11 is 1.48. The van der Waals surface area contributed by atoms with E-state index in [-0.39, 0.29) is 23.4 Å². The van der Waals surface area contributed by atoms with Gasteiger partial charge in [-0.25, -0.2) is 4.98 Å². The summed E-state index contributed by atoms with van der Waals surface area (Å²) < 4.78 is 0. The van der Waals surface area contributed by atoms with E-state index in [2.05, 4.69) is 11.9 Å². The standard InChI is InChI=1S/C17H25N3O2S/c1-11-15(23-12(2)18-11)16(22)19-9-6-8-17(4)14(19)7-5-10-20(17)13(3)21/h14H,5-10H2,1-4H3/t14-,17+/m1/s1. The Morgan fingerprint density at radius 1 is 1.26 bits per heavy atom. The van der Waals surface area contributed by atoms with E-state index in [1.54, 1.807) is 6.92 Å². The van der Waals surface area contributed by atoms with Crippen molar-refractivity contribution in [1.82, 2.24) is 14.8 Å². The van der Waals surface area contributed by atoms with E-state index in [1.807, 2.05) is 23.6 Å². The molecule has 0 aliphatic carbocycles. The topological polar surface area (TPSA) is 53.5 Å². The van der Waals surface area contributed by atoms with Gasteiger partial charge in [0.1, 0.15) is 4.88 Å². The highest BCUT2D eigenvalue weighted by Crippen LogP contribution is 2.40. The van der Waals surface area contributed by atoms with Crippen LogP contribution < -0.4 is 0 Å². The van der Waals surface area contributed by atoms with Crippen molar-refractivity contribution in [1.29, 1.82) is 0 Å². The van der Waals surface area contributed by atoms with E-state index in [1.165, 1.54) is 11.3 Å². The predicted molar refractivity (Wildman–Crippen MR) is 90.7 cm³/mol. The van der Waals surface area contributed by atoms with Gasteiger partial charge < -0.3 is 9.80 Å². The van der Waals surface area contributed by atoms with Crippen LogP contribution in [0, 0.1) is 13.8 Å². The normalized spacial score (nSPS) is 27.7. The highest BCUT2D eigenvalue weighted by molar-refractivity contribution is 7.13. The Kier molecular flexibility index (Phi) is 4.21. The molecule has 0 N–H and O–H groups in total. The summed E-state index contributed by atoms with van der Waals surface area (Å²) in [7, 11) is 0. The van der Waals surface area contributed by atoms with Gasteiger partial charge >= 0.3 is 0 Å². The van der Waals surface area contributed by atoms with Crippen LogP contribution in [-0.2, 0) is 4.79 Å². The number of carbonyl (C=O) groups excluding carboxylic acids is 2. The van der Waals surface area contributed by atoms with Crippen LogP contribution in [0.1, 0.15) is 59.9 Å². The highest BCUT2D eigenvalue weighted by Gasteiger charge is 2.49. The van der Waals surface area contributed by atoms with Crippen molar-refractivity contribution in [2.75, 3.05) is 13.1 Å². The van der Waals surface area contributed by atoms with Gasteiger partial charge in [-0.05, 0) is 46.5 Å². The van der Waals surface area contributed by atoms with Crippen LogP contribution in [0.4, 0.5) is 0 Å². The van der Waals surface area contributed by atoms with Gasteiger partial charge in [-0.2, -0.15) is 0 Å². The van der Waals surface area contributed by atoms with Gasteiger partial charge in [0.05, 0.1) is 22.3 Å². The summed E-state index contributed by atoms with van der Waals surface area (Å²) in [5, 5.41) is 0.930. The lowest BCUT2D eigenvalue weighted by molar-refractivity contribution is -0.143. The van der Waals surface area contributed by atoms with Crippen LogP contribution in [0.3, 0.4) is 0 Å². The molecule has 1 aromatic rings. The average Bonchev–Trinajstić information content (AvgIpc) is 2.83. The second kappa shape index (κ2) is 5.89. The van der Waals surface area contributed by atoms with E-state index in [0.717, 1.165) is 54.4 Å². The van der Waals surface area contributed by atoms with E-state index < -0.39 is 0 Å². The van der Waals surface area contributed by atoms with Gasteiger partial charge in [0.2, 0.25) is 5.91 Å². The first-order valence-corrected chi connectivity index (χ1v) is 9.19. The Morgan fingerprint density at radius 2 is 2.00 bits per heavy atom. The first-order chi connectivity index (χ1) is 10.8. The van der Waals surface area contributed by atoms with Crippen molar-refractivity contribution in [3.05, 3.63) is 15.6 Å². The van der Waals surface area contributed by atoms with Crippen molar-refractivity contribution in [2.24, 2.45) is 0 Å². The number of hydrogen-bond acceptors (Lipinski definition) is 4. The van der Waals surface area contributed by atoms with Crippen LogP contribution in [-0.4, -0.2) is 51.3 Å². The molecule has 0 spiro atoms. The molecule has 2 fully saturated rings. The molecular formula is C17H25N3O2S. The van der Waals surface area contributed by atoms with E-state index in [9.17, 15) is 9.59 Å². The summed E-state index contributed by atoms with van der Waals surface area (Å²) in [5.74, 6) is 0.214. The fourth-order valence-corrected chi connectivity index (χ4v) is 5.24. The molecule has 3 rings (SSSR count). The molecule has 1 aromatic heterocycles. The first kappa shape index (κ1) is 16.4. The van der Waals surface area contributed by atoms with Gasteiger partial charge in [0.15, 0.2) is 0 Å². The molecule has 2 aliphatic rings. The largest absolute Gasteiger partial charge is 0.335 e. The third kappa shape index (κ3) is 2.67. The number of rotatable bonds is 1. The molecule has 6 heteroatoms. The fraction of sp³-hybridized carbons (Fsp3) is 0.706. The van der Waals surface area contributed by atoms with Crippen LogP contribution in [0.25, 0.3) is 0 Å². The molecule has 126 valence electrons. The molecule has 23 heavy (non-hydrogen) atoms. The van der Waals surface area contributed by atoms with Crippen molar-refractivity contribution in [2.45, 2.75) is 65.0 Å². The third-order valence-corrected chi connectivity index (χ3v) is 6.45. The van der Waals surface area contributed by atoms with Crippen LogP contribution in [0.2, 0.25) is 0 Å². The summed E-state index contributed by atoms with van der Waals surface area (Å²) in [5.41, 5.74) is 0.593. The lowest BCUT2D eigenvalue weighted by atomic mass is 9.76. The zero-order valence-corrected chi connectivity index (χ0v) is 15.2. The van der Waals surface area contributed by atoms with Gasteiger partial charge in [0, 0.05) is 20.0 Å². The molecular weight excluding hydrogens is 310 g/mol. The molecule has 0 radical (unpaired) electrons. The molecule has 0 saturated carbocycles. The summed E-state index contributed by atoms with van der Waals surface area (Å²) in [6.07, 6.45) is 3.86. The summed E-state index contributed by atoms with van der Waals surface area (Å²) in [6, 6.07) is 0.114. The maximum Gasteiger partial charge on any atom is 0.266 e. The van der Waals surface area contributed by atoms with Gasteiger partial charge in [-0.15, -0.1) is 11.3 Å². The van der Waals surface area contributed by atoms with Crippen LogP contribution in [0.15, 0.2) is 0 Å². The second-order valence-electron chi connectivity index (χ2n) is 6.94. The second-order valence-corrected chi connectivity index (χ2v) is 8.14. The minimum absolute atomic E-state index is 0.0921. The molecule has 0 bridgehead atoms. The summed E-state index contributed by atoms with van der Waals surface area (Å²) in [6.45, 7) is 9.23. The predicted octanol–water partition coefficient (Wildman–Crippen LogP) is 2.77. The fourth-order valence-electron chi connectivity index (χ4n) is 4.37. The summed E-state index contributed by atoms with van der Waals surface area (Å²) in [4.78, 5) is 34.3. The Labute approximate surface area is 141 Å². The average molecular weight is 335 g/mol. The number of hydrogen-bond donors (Lipinski definition) is 0. The Bertz CT molecular complexity index is 642. The molecule has 2 atom stereocenters. The number of thiazole rings is 1. The number of piperidine rings is 2. The van der Waals surface area contributed by atoms with Crippen molar-refractivity contribution in [3.8, 4) is 0 Å². The zero-order chi connectivity index (χ0) is 16.8. The SMILES string of the molecule is CC(=O)N1CCC[C@H]2N(C(=O)c3sc(C)nc3C)CCC[C@@]21C. The molecule has 0 unspecified atom stereocenters. The zero-order valence-electron chi connectivity index (χ0n) is 14.4. The Morgan fingerprint density at radius 3 is 2.61 bits per heavy atom. The maximum atomic E-state index is 13.1. The number of amides is 2. The number of fused-ring (bicyclic) bond motifs is 1. The minimum Gasteiger partial charge on any atom is -0.335 e. The molecule has 0 aromatic carbocycles. The third-order valence-electron chi connectivity index (χ3n) is 5.39. The maximum absolute atomic E-state index is 13.1. The van der Waals surface area contributed by atoms with Gasteiger partial charge in [0.25, 0.3) is 5.91 Å². The van der Waals surface area contributed by atoms with Gasteiger partial charge in [-0.1, -0.05) is 0 Å². The molecule has 2 amide bonds. The van der Waals surface area contributed by atoms with Crippen LogP contribution >= 0.6 is 11.3 Å². The highest BCUT2D eigenvalue weighted by atomic mass is 32.1. The van der Waals surface area contributed by atoms with Crippen molar-refractivity contribution < 1.29 is 9.59 Å². The lowest BCUT2D eigenvalue weighted by Crippen LogP contribution is -2.67. The quantitative estimate of drug-likeness (QED) is 0.793. The molecule has 2 saturated heterocycles. The number of aryl methyl sites for hydroxylation is 2. The minimum atomic E-state index is -0.231. The first-order valence-electron chi connectivity index (χ1n) is 8.38. The Hall–Kier alpha value is -1.43. The smallest absolute Gasteiger partial charge is 0.266 e. The Balaban J connectivity index is 1.93. The van der Waals surface area contributed by atoms with E-state index in [4.69, 9.17) is 0 Å². The molecule has 3 heterocycles. The molecule has 5 nitrogen and oxygen atoms in total. The van der Waals surface area contributed by atoms with Crippen molar-refractivity contribution in [3.63, 3.8) is 0 Å². The number of nitrogens with zero attached hydrogens (tertiary/aromatic N) is 3. The van der Waals surface area contributed by atoms with E-state index >= 15 is 0 Å². The monoisotopic (exact) mass is 335 g/mol. The van der Waals surface area contributed by atoms with Gasteiger partial charge in [-0.3, -0.25) is 9.59 Å². The lowest BCUT2D eigenvalue weighted by Gasteiger charge is -2.56. The number of carbonyl (C=O) groups is 2. The van der Waals surface area contributed by atoms with E-state index in [0.29, 0.717) is 0 Å². The van der Waals surface area contributed by atoms with Crippen molar-refractivity contribution >= 4 is 23.2 Å². The number of likely N-dealkylation sites (tertiary alicyclic amines) is 2. The number of aromatic nitrogens is 1. The van der Waals surface area contributed by atoms with Crippen LogP contribution in [0.5, 0.6) is 0 Å². The molecule has 2 aliphatic heterocycles.